The Morgan fingerprint density at radius 3 is 2.55 bits per heavy atom. The zero-order chi connectivity index (χ0) is 8.27. The fourth-order valence-electron chi connectivity index (χ4n) is 0.627. The number of rotatable bonds is 4. The zero-order valence-electron chi connectivity index (χ0n) is 6.01. The standard InChI is InChI=1S/C7H9BrO3/c8-3-6(9)4-11-7(10)5-1-2-5/h5H,1-4H2. The molecule has 1 aliphatic carbocycles. The molecule has 0 saturated heterocycles. The Kier molecular flexibility index (Phi) is 3.05. The van der Waals surface area contributed by atoms with Crippen molar-refractivity contribution in [3.8, 4) is 0 Å². The van der Waals surface area contributed by atoms with Gasteiger partial charge >= 0.3 is 5.97 Å². The van der Waals surface area contributed by atoms with Gasteiger partial charge in [0, 0.05) is 0 Å². The molecule has 0 aromatic rings. The van der Waals surface area contributed by atoms with Gasteiger partial charge in [-0.25, -0.2) is 0 Å². The smallest absolute Gasteiger partial charge is 0.309 e. The molecule has 1 fully saturated rings. The number of ketones is 1. The predicted octanol–water partition coefficient (Wildman–Crippen LogP) is 0.904. The van der Waals surface area contributed by atoms with Crippen LogP contribution in [0.5, 0.6) is 0 Å². The highest BCUT2D eigenvalue weighted by Crippen LogP contribution is 2.29. The van der Waals surface area contributed by atoms with Crippen molar-refractivity contribution in [3.05, 3.63) is 0 Å². The minimum absolute atomic E-state index is 0.0816. The van der Waals surface area contributed by atoms with Gasteiger partial charge in [-0.1, -0.05) is 15.9 Å². The third-order valence-electron chi connectivity index (χ3n) is 1.44. The fourth-order valence-corrected chi connectivity index (χ4v) is 0.789. The Bertz CT molecular complexity index is 175. The summed E-state index contributed by atoms with van der Waals surface area (Å²) in [5.41, 5.74) is 0. The van der Waals surface area contributed by atoms with E-state index >= 15 is 0 Å². The Hall–Kier alpha value is -0.380. The van der Waals surface area contributed by atoms with Crippen LogP contribution >= 0.6 is 15.9 Å². The molecule has 0 bridgehead atoms. The summed E-state index contributed by atoms with van der Waals surface area (Å²) in [7, 11) is 0. The molecular formula is C7H9BrO3. The Morgan fingerprint density at radius 2 is 2.09 bits per heavy atom. The molecule has 0 radical (unpaired) electrons. The Morgan fingerprint density at radius 1 is 1.45 bits per heavy atom. The van der Waals surface area contributed by atoms with Crippen LogP contribution in [0.15, 0.2) is 0 Å². The maximum atomic E-state index is 10.8. The van der Waals surface area contributed by atoms with Crippen LogP contribution in [0.2, 0.25) is 0 Å². The van der Waals surface area contributed by atoms with Crippen LogP contribution in [0.25, 0.3) is 0 Å². The van der Waals surface area contributed by atoms with Crippen LogP contribution in [0.1, 0.15) is 12.8 Å². The molecule has 0 amide bonds. The number of ether oxygens (including phenoxy) is 1. The van der Waals surface area contributed by atoms with Gasteiger partial charge in [0.2, 0.25) is 0 Å². The van der Waals surface area contributed by atoms with Gasteiger partial charge in [0.25, 0.3) is 0 Å². The summed E-state index contributed by atoms with van der Waals surface area (Å²) >= 11 is 2.98. The first-order valence-electron chi connectivity index (χ1n) is 3.48. The van der Waals surface area contributed by atoms with Gasteiger partial charge in [-0.05, 0) is 12.8 Å². The maximum Gasteiger partial charge on any atom is 0.309 e. The van der Waals surface area contributed by atoms with E-state index in [9.17, 15) is 9.59 Å². The quantitative estimate of drug-likeness (QED) is 0.523. The number of carbonyl (C=O) groups is 2. The lowest BCUT2D eigenvalue weighted by Gasteiger charge is -1.99. The largest absolute Gasteiger partial charge is 0.457 e. The number of hydrogen-bond donors (Lipinski definition) is 0. The first-order chi connectivity index (χ1) is 5.24. The molecule has 3 nitrogen and oxygen atoms in total. The van der Waals surface area contributed by atoms with Gasteiger partial charge in [-0.3, -0.25) is 9.59 Å². The molecule has 11 heavy (non-hydrogen) atoms. The molecule has 4 heteroatoms. The summed E-state index contributed by atoms with van der Waals surface area (Å²) in [4.78, 5) is 21.5. The second-order valence-electron chi connectivity index (χ2n) is 2.55. The molecular weight excluding hydrogens is 212 g/mol. The third-order valence-corrected chi connectivity index (χ3v) is 2.06. The van der Waals surface area contributed by atoms with E-state index in [-0.39, 0.29) is 29.6 Å². The highest BCUT2D eigenvalue weighted by atomic mass is 79.9. The average molecular weight is 221 g/mol. The summed E-state index contributed by atoms with van der Waals surface area (Å²) in [6.45, 7) is -0.0828. The lowest BCUT2D eigenvalue weighted by molar-refractivity contribution is -0.148. The summed E-state index contributed by atoms with van der Waals surface area (Å²) < 4.78 is 4.70. The van der Waals surface area contributed by atoms with Crippen molar-refractivity contribution in [2.45, 2.75) is 12.8 Å². The molecule has 0 aromatic carbocycles. The van der Waals surface area contributed by atoms with Gasteiger partial charge in [0.15, 0.2) is 12.4 Å². The van der Waals surface area contributed by atoms with E-state index < -0.39 is 0 Å². The highest BCUT2D eigenvalue weighted by molar-refractivity contribution is 9.09. The molecule has 62 valence electrons. The van der Waals surface area contributed by atoms with Gasteiger partial charge in [0.1, 0.15) is 0 Å². The third kappa shape index (κ3) is 3.01. The number of esters is 1. The van der Waals surface area contributed by atoms with E-state index in [1.54, 1.807) is 0 Å². The van der Waals surface area contributed by atoms with Crippen molar-refractivity contribution in [2.75, 3.05) is 11.9 Å². The molecule has 1 rings (SSSR count). The van der Waals surface area contributed by atoms with E-state index in [0.717, 1.165) is 12.8 Å². The lowest BCUT2D eigenvalue weighted by Crippen LogP contribution is -2.15. The minimum atomic E-state index is -0.223. The first kappa shape index (κ1) is 8.71. The molecule has 0 unspecified atom stereocenters. The van der Waals surface area contributed by atoms with Crippen LogP contribution in [0, 0.1) is 5.92 Å². The number of halogens is 1. The average Bonchev–Trinajstić information content (AvgIpc) is 2.81. The fraction of sp³-hybridized carbons (Fsp3) is 0.714. The lowest BCUT2D eigenvalue weighted by atomic mass is 10.4. The molecule has 0 aliphatic heterocycles. The number of Topliss-reactive ketones (excluding diaryl/α,β-unsaturated/α-hetero) is 1. The maximum absolute atomic E-state index is 10.8. The van der Waals surface area contributed by atoms with Crippen molar-refractivity contribution in [2.24, 2.45) is 5.92 Å². The second kappa shape index (κ2) is 3.85. The molecule has 0 spiro atoms. The monoisotopic (exact) mass is 220 g/mol. The molecule has 0 N–H and O–H groups in total. The number of alkyl halides is 1. The summed E-state index contributed by atoms with van der Waals surface area (Å²) in [6.07, 6.45) is 1.84. The van der Waals surface area contributed by atoms with Crippen LogP contribution in [-0.4, -0.2) is 23.7 Å². The normalized spacial score (nSPS) is 16.1. The van der Waals surface area contributed by atoms with Crippen molar-refractivity contribution < 1.29 is 14.3 Å². The molecule has 0 aromatic heterocycles. The highest BCUT2D eigenvalue weighted by Gasteiger charge is 2.31. The van der Waals surface area contributed by atoms with Gasteiger partial charge < -0.3 is 4.74 Å². The minimum Gasteiger partial charge on any atom is -0.457 e. The number of carbonyl (C=O) groups excluding carboxylic acids is 2. The van der Waals surface area contributed by atoms with Crippen molar-refractivity contribution in [1.82, 2.24) is 0 Å². The van der Waals surface area contributed by atoms with E-state index in [2.05, 4.69) is 15.9 Å². The van der Waals surface area contributed by atoms with E-state index in [0.29, 0.717) is 0 Å². The van der Waals surface area contributed by atoms with Crippen LogP contribution in [-0.2, 0) is 14.3 Å². The molecule has 0 atom stereocenters. The zero-order valence-corrected chi connectivity index (χ0v) is 7.59. The van der Waals surface area contributed by atoms with Crippen molar-refractivity contribution >= 4 is 27.7 Å². The van der Waals surface area contributed by atoms with Gasteiger partial charge in [0.05, 0.1) is 11.2 Å². The Balaban J connectivity index is 2.10. The molecule has 1 saturated carbocycles. The van der Waals surface area contributed by atoms with E-state index in [4.69, 9.17) is 4.74 Å². The van der Waals surface area contributed by atoms with Crippen molar-refractivity contribution in [1.29, 1.82) is 0 Å². The van der Waals surface area contributed by atoms with Crippen LogP contribution in [0.3, 0.4) is 0 Å². The van der Waals surface area contributed by atoms with E-state index in [1.165, 1.54) is 0 Å². The van der Waals surface area contributed by atoms with E-state index in [1.807, 2.05) is 0 Å². The van der Waals surface area contributed by atoms with Crippen molar-refractivity contribution in [3.63, 3.8) is 0 Å². The SMILES string of the molecule is O=C(CBr)COC(=O)C1CC1. The van der Waals surface area contributed by atoms with Crippen LogP contribution in [0.4, 0.5) is 0 Å². The van der Waals surface area contributed by atoms with Gasteiger partial charge in [-0.15, -0.1) is 0 Å². The topological polar surface area (TPSA) is 43.4 Å². The predicted molar refractivity (Wildman–Crippen MR) is 42.5 cm³/mol. The summed E-state index contributed by atoms with van der Waals surface area (Å²) in [6, 6.07) is 0. The number of hydrogen-bond acceptors (Lipinski definition) is 3. The van der Waals surface area contributed by atoms with Gasteiger partial charge in [-0.2, -0.15) is 0 Å². The molecule has 1 aliphatic rings. The molecule has 0 heterocycles. The first-order valence-corrected chi connectivity index (χ1v) is 4.60. The summed E-state index contributed by atoms with van der Waals surface area (Å²) in [5.74, 6) is -0.239. The second-order valence-corrected chi connectivity index (χ2v) is 3.12. The Labute approximate surface area is 73.2 Å². The summed E-state index contributed by atoms with van der Waals surface area (Å²) in [5, 5.41) is 0.255. The van der Waals surface area contributed by atoms with Crippen LogP contribution < -0.4 is 0 Å².